The molecule has 2 heterocycles. The molecular weight excluding hydrogens is 316 g/mol. The molecule has 0 aliphatic carbocycles. The minimum Gasteiger partial charge on any atom is -0.314 e. The number of nitrogens with zero attached hydrogens (tertiary/aromatic N) is 2. The Morgan fingerprint density at radius 3 is 2.17 bits per heavy atom. The molecule has 0 amide bonds. The quantitative estimate of drug-likeness (QED) is 0.901. The monoisotopic (exact) mass is 331 g/mol. The third kappa shape index (κ3) is 4.12. The van der Waals surface area contributed by atoms with E-state index in [-0.39, 0.29) is 30.9 Å². The first-order valence-electron chi connectivity index (χ1n) is 5.44. The van der Waals surface area contributed by atoms with Crippen molar-refractivity contribution in [1.29, 1.82) is 0 Å². The Balaban J connectivity index is 0.00000144. The van der Waals surface area contributed by atoms with Gasteiger partial charge in [0.2, 0.25) is 0 Å². The van der Waals surface area contributed by atoms with Gasteiger partial charge >= 0.3 is 0 Å². The molecule has 0 bridgehead atoms. The van der Waals surface area contributed by atoms with Crippen LogP contribution in [-0.4, -0.2) is 36.1 Å². The van der Waals surface area contributed by atoms with Gasteiger partial charge in [-0.05, 0) is 6.92 Å². The van der Waals surface area contributed by atoms with Crippen molar-refractivity contribution in [3.8, 4) is 0 Å². The van der Waals surface area contributed by atoms with Crippen molar-refractivity contribution in [2.75, 3.05) is 26.2 Å². The van der Waals surface area contributed by atoms with Gasteiger partial charge in [-0.15, -0.1) is 24.8 Å². The van der Waals surface area contributed by atoms with Crippen molar-refractivity contribution in [1.82, 2.24) is 15.2 Å². The summed E-state index contributed by atoms with van der Waals surface area (Å²) in [6.45, 7) is 6.22. The average Bonchev–Trinajstić information content (AvgIpc) is 2.30. The Labute approximate surface area is 130 Å². The van der Waals surface area contributed by atoms with Gasteiger partial charge in [0.05, 0.1) is 10.0 Å². The lowest BCUT2D eigenvalue weighted by molar-refractivity contribution is 0.185. The van der Waals surface area contributed by atoms with E-state index in [0.717, 1.165) is 31.7 Å². The van der Waals surface area contributed by atoms with Crippen LogP contribution in [0.2, 0.25) is 10.0 Å². The van der Waals surface area contributed by atoms with Crippen molar-refractivity contribution in [2.45, 2.75) is 13.0 Å². The van der Waals surface area contributed by atoms with E-state index < -0.39 is 0 Å². The Kier molecular flexibility index (Phi) is 8.52. The van der Waals surface area contributed by atoms with Crippen LogP contribution in [0, 0.1) is 0 Å². The summed E-state index contributed by atoms with van der Waals surface area (Å²) in [6.07, 6.45) is 3.31. The van der Waals surface area contributed by atoms with E-state index in [2.05, 4.69) is 22.1 Å². The molecule has 1 atom stereocenters. The first-order valence-corrected chi connectivity index (χ1v) is 6.19. The predicted octanol–water partition coefficient (Wildman–Crippen LogP) is 3.20. The molecule has 0 spiro atoms. The molecule has 1 aromatic heterocycles. The zero-order valence-corrected chi connectivity index (χ0v) is 13.2. The first kappa shape index (κ1) is 18.2. The third-order valence-corrected chi connectivity index (χ3v) is 3.61. The summed E-state index contributed by atoms with van der Waals surface area (Å²) in [7, 11) is 0. The van der Waals surface area contributed by atoms with E-state index in [1.807, 2.05) is 0 Å². The molecular formula is C11H17Cl4N3. The fourth-order valence-electron chi connectivity index (χ4n) is 2.07. The fraction of sp³-hybridized carbons (Fsp3) is 0.545. The molecule has 104 valence electrons. The maximum atomic E-state index is 6.15. The van der Waals surface area contributed by atoms with Crippen molar-refractivity contribution in [2.24, 2.45) is 0 Å². The highest BCUT2D eigenvalue weighted by molar-refractivity contribution is 6.35. The summed E-state index contributed by atoms with van der Waals surface area (Å²) in [6, 6.07) is 0.241. The van der Waals surface area contributed by atoms with E-state index >= 15 is 0 Å². The predicted molar refractivity (Wildman–Crippen MR) is 81.6 cm³/mol. The molecule has 18 heavy (non-hydrogen) atoms. The van der Waals surface area contributed by atoms with Crippen LogP contribution in [0.4, 0.5) is 0 Å². The van der Waals surface area contributed by atoms with Gasteiger partial charge in [0.25, 0.3) is 0 Å². The van der Waals surface area contributed by atoms with Gasteiger partial charge in [0.15, 0.2) is 0 Å². The molecule has 7 heteroatoms. The number of pyridine rings is 1. The Hall–Kier alpha value is 0.230. The van der Waals surface area contributed by atoms with Crippen LogP contribution in [0.5, 0.6) is 0 Å². The Morgan fingerprint density at radius 2 is 1.67 bits per heavy atom. The summed E-state index contributed by atoms with van der Waals surface area (Å²) < 4.78 is 0. The fourth-order valence-corrected chi connectivity index (χ4v) is 2.75. The summed E-state index contributed by atoms with van der Waals surface area (Å²) in [4.78, 5) is 6.36. The van der Waals surface area contributed by atoms with Gasteiger partial charge in [-0.25, -0.2) is 0 Å². The Morgan fingerprint density at radius 1 is 1.17 bits per heavy atom. The SMILES string of the molecule is C[C@@H](c1c(Cl)cncc1Cl)N1CCNCC1.Cl.Cl. The molecule has 2 rings (SSSR count). The maximum Gasteiger partial charge on any atom is 0.0652 e. The van der Waals surface area contributed by atoms with Gasteiger partial charge in [-0.2, -0.15) is 0 Å². The normalized spacial score (nSPS) is 17.5. The van der Waals surface area contributed by atoms with Gasteiger partial charge in [0, 0.05) is 50.2 Å². The molecule has 3 nitrogen and oxygen atoms in total. The van der Waals surface area contributed by atoms with Gasteiger partial charge in [0.1, 0.15) is 0 Å². The number of aromatic nitrogens is 1. The van der Waals surface area contributed by atoms with Gasteiger partial charge in [-0.1, -0.05) is 23.2 Å². The van der Waals surface area contributed by atoms with E-state index in [1.54, 1.807) is 12.4 Å². The van der Waals surface area contributed by atoms with Crippen molar-refractivity contribution < 1.29 is 0 Å². The number of piperazine rings is 1. The molecule has 0 saturated carbocycles. The van der Waals surface area contributed by atoms with Crippen LogP contribution in [0.3, 0.4) is 0 Å². The lowest BCUT2D eigenvalue weighted by atomic mass is 10.1. The van der Waals surface area contributed by atoms with E-state index in [0.29, 0.717) is 10.0 Å². The second-order valence-corrected chi connectivity index (χ2v) is 4.79. The highest BCUT2D eigenvalue weighted by Gasteiger charge is 2.22. The molecule has 0 aromatic carbocycles. The lowest BCUT2D eigenvalue weighted by Gasteiger charge is -2.33. The summed E-state index contributed by atoms with van der Waals surface area (Å²) >= 11 is 12.3. The molecule has 0 radical (unpaired) electrons. The topological polar surface area (TPSA) is 28.2 Å². The van der Waals surface area contributed by atoms with Crippen LogP contribution in [0.25, 0.3) is 0 Å². The standard InChI is InChI=1S/C11H15Cl2N3.2ClH/c1-8(16-4-2-14-3-5-16)11-9(12)6-15-7-10(11)13;;/h6-8,14H,2-5H2,1H3;2*1H/t8-;;/m0../s1. The number of nitrogens with one attached hydrogen (secondary N) is 1. The zero-order chi connectivity index (χ0) is 11.5. The van der Waals surface area contributed by atoms with Crippen LogP contribution >= 0.6 is 48.0 Å². The van der Waals surface area contributed by atoms with Gasteiger partial charge < -0.3 is 5.32 Å². The van der Waals surface area contributed by atoms with Crippen LogP contribution in [0.1, 0.15) is 18.5 Å². The molecule has 1 N–H and O–H groups in total. The lowest BCUT2D eigenvalue weighted by Crippen LogP contribution is -2.44. The highest BCUT2D eigenvalue weighted by atomic mass is 35.5. The van der Waals surface area contributed by atoms with Crippen LogP contribution in [-0.2, 0) is 0 Å². The first-order chi connectivity index (χ1) is 7.70. The number of hydrogen-bond donors (Lipinski definition) is 1. The van der Waals surface area contributed by atoms with Gasteiger partial charge in [-0.3, -0.25) is 9.88 Å². The summed E-state index contributed by atoms with van der Waals surface area (Å²) in [5, 5.41) is 4.63. The maximum absolute atomic E-state index is 6.15. The third-order valence-electron chi connectivity index (χ3n) is 3.01. The molecule has 1 fully saturated rings. The highest BCUT2D eigenvalue weighted by Crippen LogP contribution is 2.32. The summed E-state index contributed by atoms with van der Waals surface area (Å²) in [5.74, 6) is 0. The minimum absolute atomic E-state index is 0. The van der Waals surface area contributed by atoms with Crippen molar-refractivity contribution in [3.63, 3.8) is 0 Å². The smallest absolute Gasteiger partial charge is 0.0652 e. The zero-order valence-electron chi connectivity index (χ0n) is 10.0. The number of hydrogen-bond acceptors (Lipinski definition) is 3. The second-order valence-electron chi connectivity index (χ2n) is 3.98. The minimum atomic E-state index is 0. The molecule has 1 aliphatic rings. The van der Waals surface area contributed by atoms with Crippen LogP contribution < -0.4 is 5.32 Å². The average molecular weight is 333 g/mol. The largest absolute Gasteiger partial charge is 0.314 e. The Bertz CT molecular complexity index is 349. The molecule has 0 unspecified atom stereocenters. The molecule has 1 aromatic rings. The second kappa shape index (κ2) is 8.41. The summed E-state index contributed by atoms with van der Waals surface area (Å²) in [5.41, 5.74) is 0.986. The molecule has 1 saturated heterocycles. The van der Waals surface area contributed by atoms with Crippen molar-refractivity contribution >= 4 is 48.0 Å². The number of rotatable bonds is 2. The van der Waals surface area contributed by atoms with E-state index in [1.165, 1.54) is 0 Å². The van der Waals surface area contributed by atoms with E-state index in [4.69, 9.17) is 23.2 Å². The van der Waals surface area contributed by atoms with Crippen molar-refractivity contribution in [3.05, 3.63) is 28.0 Å². The molecule has 1 aliphatic heterocycles. The van der Waals surface area contributed by atoms with Crippen LogP contribution in [0.15, 0.2) is 12.4 Å². The number of halogens is 4. The van der Waals surface area contributed by atoms with E-state index in [9.17, 15) is 0 Å².